The molecule has 0 spiro atoms. The predicted molar refractivity (Wildman–Crippen MR) is 113 cm³/mol. The number of urea groups is 1. The Kier molecular flexibility index (Phi) is 6.13. The van der Waals surface area contributed by atoms with E-state index in [1.807, 2.05) is 12.1 Å². The molecule has 2 aliphatic heterocycles. The highest BCUT2D eigenvalue weighted by Crippen LogP contribution is 2.33. The van der Waals surface area contributed by atoms with E-state index in [0.717, 1.165) is 44.0 Å². The molecule has 160 valence electrons. The molecule has 2 N–H and O–H groups in total. The molecule has 0 saturated carbocycles. The van der Waals surface area contributed by atoms with Crippen LogP contribution < -0.4 is 29.6 Å². The predicted octanol–water partition coefficient (Wildman–Crippen LogP) is 3.22. The van der Waals surface area contributed by atoms with Crippen LogP contribution in [0, 0.1) is 0 Å². The van der Waals surface area contributed by atoms with Crippen LogP contribution in [0.4, 0.5) is 10.5 Å². The molecule has 2 aliphatic rings. The summed E-state index contributed by atoms with van der Waals surface area (Å²) in [5, 5.41) is 5.93. The van der Waals surface area contributed by atoms with Gasteiger partial charge in [0, 0.05) is 49.6 Å². The van der Waals surface area contributed by atoms with Crippen molar-refractivity contribution in [1.82, 2.24) is 10.2 Å². The van der Waals surface area contributed by atoms with Crippen molar-refractivity contribution in [3.8, 4) is 23.0 Å². The van der Waals surface area contributed by atoms with Crippen molar-refractivity contribution in [2.24, 2.45) is 0 Å². The molecule has 0 aromatic heterocycles. The molecule has 0 radical (unpaired) electrons. The first-order valence-electron chi connectivity index (χ1n) is 10.0. The van der Waals surface area contributed by atoms with E-state index in [2.05, 4.69) is 21.6 Å². The number of benzene rings is 2. The van der Waals surface area contributed by atoms with Gasteiger partial charge in [-0.05, 0) is 30.5 Å². The summed E-state index contributed by atoms with van der Waals surface area (Å²) in [6, 6.07) is 11.3. The minimum atomic E-state index is -0.223. The topological polar surface area (TPSA) is 81.3 Å². The molecular formula is C22H27N3O5. The number of piperidine rings is 1. The van der Waals surface area contributed by atoms with Gasteiger partial charge in [-0.1, -0.05) is 6.07 Å². The lowest BCUT2D eigenvalue weighted by Gasteiger charge is -2.32. The average Bonchev–Trinajstić information content (AvgIpc) is 3.22. The Hall–Kier alpha value is -3.13. The number of methoxy groups -OCH3 is 2. The molecule has 0 bridgehead atoms. The number of nitrogens with zero attached hydrogens (tertiary/aromatic N) is 1. The lowest BCUT2D eigenvalue weighted by molar-refractivity contribution is 0.173. The molecule has 8 nitrogen and oxygen atoms in total. The van der Waals surface area contributed by atoms with Crippen LogP contribution in [-0.4, -0.2) is 51.1 Å². The van der Waals surface area contributed by atoms with Crippen LogP contribution in [0.3, 0.4) is 0 Å². The van der Waals surface area contributed by atoms with Crippen molar-refractivity contribution in [2.45, 2.75) is 25.4 Å². The summed E-state index contributed by atoms with van der Waals surface area (Å²) in [4.78, 5) is 14.8. The fourth-order valence-electron chi connectivity index (χ4n) is 3.77. The van der Waals surface area contributed by atoms with Crippen LogP contribution >= 0.6 is 0 Å². The van der Waals surface area contributed by atoms with Crippen molar-refractivity contribution in [2.75, 3.05) is 39.4 Å². The molecule has 2 aromatic rings. The zero-order valence-corrected chi connectivity index (χ0v) is 17.3. The minimum Gasteiger partial charge on any atom is -0.497 e. The van der Waals surface area contributed by atoms with Crippen molar-refractivity contribution >= 4 is 11.7 Å². The van der Waals surface area contributed by atoms with Crippen LogP contribution in [0.2, 0.25) is 0 Å². The molecule has 2 heterocycles. The standard InChI is InChI=1S/C22H27N3O5/c1-27-18-10-17(11-19(12-18)28-2)24-22(26)23-16-5-7-25(8-6-16)13-15-3-4-20-21(9-15)30-14-29-20/h3-4,9-12,16H,5-8,13-14H2,1-2H3,(H2,23,24,26). The number of carbonyl (C=O) groups is 1. The van der Waals surface area contributed by atoms with Gasteiger partial charge in [0.15, 0.2) is 11.5 Å². The highest BCUT2D eigenvalue weighted by molar-refractivity contribution is 5.90. The van der Waals surface area contributed by atoms with Gasteiger partial charge >= 0.3 is 6.03 Å². The van der Waals surface area contributed by atoms with E-state index in [0.29, 0.717) is 24.0 Å². The van der Waals surface area contributed by atoms with E-state index < -0.39 is 0 Å². The van der Waals surface area contributed by atoms with Gasteiger partial charge in [-0.2, -0.15) is 0 Å². The first kappa shape index (κ1) is 20.2. The molecule has 0 aliphatic carbocycles. The van der Waals surface area contributed by atoms with Crippen LogP contribution in [0.5, 0.6) is 23.0 Å². The van der Waals surface area contributed by atoms with Crippen molar-refractivity contribution in [3.63, 3.8) is 0 Å². The Balaban J connectivity index is 1.25. The maximum atomic E-state index is 12.4. The average molecular weight is 413 g/mol. The van der Waals surface area contributed by atoms with E-state index in [1.54, 1.807) is 32.4 Å². The number of nitrogens with one attached hydrogen (secondary N) is 2. The Morgan fingerprint density at radius 3 is 2.43 bits per heavy atom. The second-order valence-corrected chi connectivity index (χ2v) is 7.44. The summed E-state index contributed by atoms with van der Waals surface area (Å²) < 4.78 is 21.3. The van der Waals surface area contributed by atoms with Gasteiger partial charge in [0.05, 0.1) is 14.2 Å². The maximum absolute atomic E-state index is 12.4. The molecule has 30 heavy (non-hydrogen) atoms. The number of rotatable bonds is 6. The first-order valence-corrected chi connectivity index (χ1v) is 10.0. The monoisotopic (exact) mass is 413 g/mol. The highest BCUT2D eigenvalue weighted by atomic mass is 16.7. The first-order chi connectivity index (χ1) is 14.6. The lowest BCUT2D eigenvalue weighted by atomic mass is 10.0. The zero-order chi connectivity index (χ0) is 20.9. The summed E-state index contributed by atoms with van der Waals surface area (Å²) in [7, 11) is 3.16. The van der Waals surface area contributed by atoms with Gasteiger partial charge in [0.2, 0.25) is 6.79 Å². The quantitative estimate of drug-likeness (QED) is 0.757. The third kappa shape index (κ3) is 4.88. The van der Waals surface area contributed by atoms with Gasteiger partial charge in [-0.25, -0.2) is 4.79 Å². The van der Waals surface area contributed by atoms with Crippen molar-refractivity contribution in [3.05, 3.63) is 42.0 Å². The number of ether oxygens (including phenoxy) is 4. The molecule has 0 unspecified atom stereocenters. The second-order valence-electron chi connectivity index (χ2n) is 7.44. The summed E-state index contributed by atoms with van der Waals surface area (Å²) >= 11 is 0. The number of carbonyl (C=O) groups excluding carboxylic acids is 1. The Bertz CT molecular complexity index is 874. The maximum Gasteiger partial charge on any atom is 0.319 e. The largest absolute Gasteiger partial charge is 0.497 e. The normalized spacial score (nSPS) is 16.2. The molecule has 4 rings (SSSR count). The minimum absolute atomic E-state index is 0.144. The van der Waals surface area contributed by atoms with Crippen molar-refractivity contribution < 1.29 is 23.7 Å². The Labute approximate surface area is 176 Å². The molecule has 1 fully saturated rings. The Morgan fingerprint density at radius 2 is 1.73 bits per heavy atom. The second kappa shape index (κ2) is 9.13. The SMILES string of the molecule is COc1cc(NC(=O)NC2CCN(Cc3ccc4c(c3)OCO4)CC2)cc(OC)c1. The number of anilines is 1. The molecule has 2 aromatic carbocycles. The van der Waals surface area contributed by atoms with Crippen LogP contribution in [0.25, 0.3) is 0 Å². The highest BCUT2D eigenvalue weighted by Gasteiger charge is 2.22. The van der Waals surface area contributed by atoms with E-state index in [-0.39, 0.29) is 12.1 Å². The van der Waals surface area contributed by atoms with Crippen LogP contribution in [0.15, 0.2) is 36.4 Å². The summed E-state index contributed by atoms with van der Waals surface area (Å²) in [6.45, 7) is 3.00. The third-order valence-corrected chi connectivity index (χ3v) is 5.38. The van der Waals surface area contributed by atoms with Gasteiger partial charge in [-0.15, -0.1) is 0 Å². The summed E-state index contributed by atoms with van der Waals surface area (Å²) in [5.74, 6) is 2.87. The van der Waals surface area contributed by atoms with E-state index in [9.17, 15) is 4.79 Å². The number of amides is 2. The van der Waals surface area contributed by atoms with E-state index in [4.69, 9.17) is 18.9 Å². The molecule has 1 saturated heterocycles. The number of hydrogen-bond acceptors (Lipinski definition) is 6. The van der Waals surface area contributed by atoms with Crippen LogP contribution in [0.1, 0.15) is 18.4 Å². The van der Waals surface area contributed by atoms with Gasteiger partial charge in [-0.3, -0.25) is 4.90 Å². The van der Waals surface area contributed by atoms with E-state index >= 15 is 0 Å². The van der Waals surface area contributed by atoms with Gasteiger partial charge in [0.25, 0.3) is 0 Å². The Morgan fingerprint density at radius 1 is 1.03 bits per heavy atom. The molecule has 0 atom stereocenters. The molecular weight excluding hydrogens is 386 g/mol. The van der Waals surface area contributed by atoms with E-state index in [1.165, 1.54) is 5.56 Å². The fourth-order valence-corrected chi connectivity index (χ4v) is 3.77. The molecule has 8 heteroatoms. The van der Waals surface area contributed by atoms with Crippen molar-refractivity contribution in [1.29, 1.82) is 0 Å². The summed E-state index contributed by atoms with van der Waals surface area (Å²) in [5.41, 5.74) is 1.83. The van der Waals surface area contributed by atoms with Gasteiger partial charge < -0.3 is 29.6 Å². The van der Waals surface area contributed by atoms with Crippen LogP contribution in [-0.2, 0) is 6.54 Å². The zero-order valence-electron chi connectivity index (χ0n) is 17.3. The fraction of sp³-hybridized carbons (Fsp3) is 0.409. The number of likely N-dealkylation sites (tertiary alicyclic amines) is 1. The summed E-state index contributed by atoms with van der Waals surface area (Å²) in [6.07, 6.45) is 1.80. The molecule has 2 amide bonds. The third-order valence-electron chi connectivity index (χ3n) is 5.38. The lowest BCUT2D eigenvalue weighted by Crippen LogP contribution is -2.45. The number of hydrogen-bond donors (Lipinski definition) is 2. The number of fused-ring (bicyclic) bond motifs is 1. The smallest absolute Gasteiger partial charge is 0.319 e. The van der Waals surface area contributed by atoms with Gasteiger partial charge in [0.1, 0.15) is 11.5 Å².